The largest absolute Gasteiger partial charge is 0.377 e. The molecule has 0 saturated heterocycles. The molecule has 1 unspecified atom stereocenters. The molecule has 0 saturated carbocycles. The molecule has 6 heteroatoms. The third kappa shape index (κ3) is 7.23. The standard InChI is InChI=1S/C8H16BNO3S/c1-6(2)12-4-7(5-13-14)10-8(11)3-9/h6-7,14H,3-5H2,1-2H3,(H,10,11). The monoisotopic (exact) mass is 217 g/mol. The summed E-state index contributed by atoms with van der Waals surface area (Å²) < 4.78 is 9.97. The summed E-state index contributed by atoms with van der Waals surface area (Å²) in [6.07, 6.45) is 0.0808. The molecule has 2 radical (unpaired) electrons. The summed E-state index contributed by atoms with van der Waals surface area (Å²) in [6.45, 7) is 4.53. The van der Waals surface area contributed by atoms with Crippen molar-refractivity contribution in [2.24, 2.45) is 0 Å². The van der Waals surface area contributed by atoms with Gasteiger partial charge in [0, 0.05) is 0 Å². The fourth-order valence-electron chi connectivity index (χ4n) is 0.817. The number of hydrogen-bond donors (Lipinski definition) is 2. The summed E-state index contributed by atoms with van der Waals surface area (Å²) in [4.78, 5) is 11.0. The Hall–Kier alpha value is -0.195. The number of thiol groups is 1. The number of carbonyl (C=O) groups is 1. The molecule has 0 aromatic heterocycles. The first-order valence-electron chi connectivity index (χ1n) is 4.47. The van der Waals surface area contributed by atoms with Crippen LogP contribution >= 0.6 is 12.9 Å². The van der Waals surface area contributed by atoms with Crippen LogP contribution in [0, 0.1) is 0 Å². The van der Waals surface area contributed by atoms with E-state index in [1.165, 1.54) is 0 Å². The summed E-state index contributed by atoms with van der Waals surface area (Å²) >= 11 is 3.62. The van der Waals surface area contributed by atoms with Gasteiger partial charge in [-0.15, -0.1) is 0 Å². The Bertz CT molecular complexity index is 169. The highest BCUT2D eigenvalue weighted by Gasteiger charge is 2.11. The van der Waals surface area contributed by atoms with E-state index in [9.17, 15) is 4.79 Å². The van der Waals surface area contributed by atoms with Crippen LogP contribution in [0.4, 0.5) is 0 Å². The van der Waals surface area contributed by atoms with Crippen molar-refractivity contribution in [1.29, 1.82) is 0 Å². The summed E-state index contributed by atoms with van der Waals surface area (Å²) in [5.41, 5.74) is 0. The summed E-state index contributed by atoms with van der Waals surface area (Å²) in [6, 6.07) is -0.203. The maximum atomic E-state index is 11.0. The molecule has 1 amide bonds. The minimum Gasteiger partial charge on any atom is -0.377 e. The number of ether oxygens (including phenoxy) is 1. The molecule has 0 spiro atoms. The highest BCUT2D eigenvalue weighted by molar-refractivity contribution is 7.75. The Balaban J connectivity index is 3.82. The van der Waals surface area contributed by atoms with E-state index in [1.54, 1.807) is 0 Å². The summed E-state index contributed by atoms with van der Waals surface area (Å²) in [5.74, 6) is -0.229. The molecule has 1 atom stereocenters. The molecule has 1 N–H and O–H groups in total. The molecule has 0 aliphatic carbocycles. The van der Waals surface area contributed by atoms with Crippen molar-refractivity contribution in [2.75, 3.05) is 13.2 Å². The Kier molecular flexibility index (Phi) is 8.03. The molecule has 80 valence electrons. The Morgan fingerprint density at radius 3 is 2.57 bits per heavy atom. The number of amides is 1. The van der Waals surface area contributed by atoms with Gasteiger partial charge in [0.25, 0.3) is 0 Å². The summed E-state index contributed by atoms with van der Waals surface area (Å²) in [7, 11) is 5.16. The molecular weight excluding hydrogens is 201 g/mol. The van der Waals surface area contributed by atoms with E-state index < -0.39 is 0 Å². The first-order chi connectivity index (χ1) is 6.60. The number of rotatable bonds is 7. The van der Waals surface area contributed by atoms with Crippen LogP contribution in [0.15, 0.2) is 0 Å². The molecule has 0 bridgehead atoms. The van der Waals surface area contributed by atoms with Crippen LogP contribution in [-0.2, 0) is 13.7 Å². The van der Waals surface area contributed by atoms with Crippen LogP contribution in [0.3, 0.4) is 0 Å². The van der Waals surface area contributed by atoms with Crippen LogP contribution in [0.25, 0.3) is 0 Å². The van der Waals surface area contributed by atoms with Gasteiger partial charge < -0.3 is 14.2 Å². The third-order valence-electron chi connectivity index (χ3n) is 1.46. The van der Waals surface area contributed by atoms with Gasteiger partial charge in [-0.05, 0) is 33.1 Å². The van der Waals surface area contributed by atoms with Gasteiger partial charge in [0.1, 0.15) is 0 Å². The van der Waals surface area contributed by atoms with E-state index in [1.807, 2.05) is 13.8 Å². The smallest absolute Gasteiger partial charge is 0.211 e. The zero-order valence-corrected chi connectivity index (χ0v) is 9.42. The average Bonchev–Trinajstić information content (AvgIpc) is 2.14. The van der Waals surface area contributed by atoms with E-state index in [0.717, 1.165) is 0 Å². The first-order valence-corrected chi connectivity index (χ1v) is 4.84. The molecule has 0 heterocycles. The third-order valence-corrected chi connectivity index (χ3v) is 1.61. The van der Waals surface area contributed by atoms with Crippen LogP contribution < -0.4 is 5.32 Å². The fourth-order valence-corrected chi connectivity index (χ4v) is 0.997. The van der Waals surface area contributed by atoms with Gasteiger partial charge in [-0.25, -0.2) is 0 Å². The lowest BCUT2D eigenvalue weighted by molar-refractivity contribution is -0.120. The molecule has 0 aliphatic rings. The first kappa shape index (κ1) is 13.8. The predicted octanol–water partition coefficient (Wildman–Crippen LogP) is 0.344. The van der Waals surface area contributed by atoms with Gasteiger partial charge in [0.2, 0.25) is 5.91 Å². The second-order valence-electron chi connectivity index (χ2n) is 3.15. The van der Waals surface area contributed by atoms with E-state index in [4.69, 9.17) is 12.6 Å². The second kappa shape index (κ2) is 8.14. The quantitative estimate of drug-likeness (QED) is 0.367. The van der Waals surface area contributed by atoms with Crippen molar-refractivity contribution >= 4 is 26.7 Å². The lowest BCUT2D eigenvalue weighted by atomic mass is 10.0. The number of nitrogens with one attached hydrogen (secondary N) is 1. The fraction of sp³-hybridized carbons (Fsp3) is 0.875. The number of carbonyl (C=O) groups excluding carboxylic acids is 1. The molecule has 0 aromatic carbocycles. The molecule has 0 rings (SSSR count). The van der Waals surface area contributed by atoms with Crippen LogP contribution in [-0.4, -0.2) is 39.1 Å². The molecule has 0 aliphatic heterocycles. The highest BCUT2D eigenvalue weighted by Crippen LogP contribution is 1.95. The van der Waals surface area contributed by atoms with Gasteiger partial charge in [0.15, 0.2) is 0 Å². The van der Waals surface area contributed by atoms with Crippen molar-refractivity contribution in [3.05, 3.63) is 0 Å². The van der Waals surface area contributed by atoms with Gasteiger partial charge in [-0.2, -0.15) is 0 Å². The van der Waals surface area contributed by atoms with Crippen molar-refractivity contribution in [1.82, 2.24) is 5.32 Å². The molecule has 0 aromatic rings. The zero-order valence-electron chi connectivity index (χ0n) is 8.53. The van der Waals surface area contributed by atoms with E-state index >= 15 is 0 Å². The van der Waals surface area contributed by atoms with E-state index in [2.05, 4.69) is 22.4 Å². The second-order valence-corrected chi connectivity index (χ2v) is 3.40. The molecule has 0 fully saturated rings. The molecular formula is C8H16BNO3S. The molecule has 4 nitrogen and oxygen atoms in total. The number of hydrogen-bond acceptors (Lipinski definition) is 4. The molecule has 14 heavy (non-hydrogen) atoms. The lowest BCUT2D eigenvalue weighted by Crippen LogP contribution is -2.41. The SMILES string of the molecule is [B]CC(=O)NC(COS)COC(C)C. The minimum absolute atomic E-state index is 0.0370. The predicted molar refractivity (Wildman–Crippen MR) is 58.5 cm³/mol. The highest BCUT2D eigenvalue weighted by atomic mass is 32.1. The zero-order chi connectivity index (χ0) is 11.0. The van der Waals surface area contributed by atoms with Crippen molar-refractivity contribution in [3.8, 4) is 0 Å². The van der Waals surface area contributed by atoms with Crippen LogP contribution in [0.2, 0.25) is 6.32 Å². The Morgan fingerprint density at radius 2 is 2.14 bits per heavy atom. The van der Waals surface area contributed by atoms with Crippen molar-refractivity contribution in [3.63, 3.8) is 0 Å². The van der Waals surface area contributed by atoms with Gasteiger partial charge in [0.05, 0.1) is 33.2 Å². The maximum absolute atomic E-state index is 11.0. The topological polar surface area (TPSA) is 47.6 Å². The van der Waals surface area contributed by atoms with Crippen molar-refractivity contribution in [2.45, 2.75) is 32.3 Å². The summed E-state index contributed by atoms with van der Waals surface area (Å²) in [5, 5.41) is 2.66. The lowest BCUT2D eigenvalue weighted by Gasteiger charge is -2.18. The Labute approximate surface area is 91.7 Å². The average molecular weight is 217 g/mol. The minimum atomic E-state index is -0.229. The van der Waals surface area contributed by atoms with E-state index in [0.29, 0.717) is 13.2 Å². The van der Waals surface area contributed by atoms with Gasteiger partial charge in [-0.1, -0.05) is 0 Å². The normalized spacial score (nSPS) is 12.9. The van der Waals surface area contributed by atoms with Crippen molar-refractivity contribution < 1.29 is 13.7 Å². The Morgan fingerprint density at radius 1 is 1.50 bits per heavy atom. The maximum Gasteiger partial charge on any atom is 0.211 e. The van der Waals surface area contributed by atoms with Gasteiger partial charge >= 0.3 is 0 Å². The van der Waals surface area contributed by atoms with Crippen LogP contribution in [0.5, 0.6) is 0 Å². The van der Waals surface area contributed by atoms with Crippen LogP contribution in [0.1, 0.15) is 13.8 Å². The van der Waals surface area contributed by atoms with Gasteiger partial charge in [-0.3, -0.25) is 4.79 Å². The van der Waals surface area contributed by atoms with E-state index in [-0.39, 0.29) is 24.4 Å².